The molecular weight excluding hydrogens is 320 g/mol. The van der Waals surface area contributed by atoms with Crippen LogP contribution in [0.25, 0.3) is 0 Å². The molecule has 0 saturated carbocycles. The number of rotatable bonds is 5. The van der Waals surface area contributed by atoms with Gasteiger partial charge >= 0.3 is 0 Å². The van der Waals surface area contributed by atoms with Gasteiger partial charge in [0.25, 0.3) is 11.8 Å². The quantitative estimate of drug-likeness (QED) is 0.640. The number of pyridine rings is 1. The average Bonchev–Trinajstić information content (AvgIpc) is 3.05. The van der Waals surface area contributed by atoms with E-state index in [9.17, 15) is 14.7 Å². The van der Waals surface area contributed by atoms with Gasteiger partial charge in [-0.3, -0.25) is 14.6 Å². The molecule has 1 aromatic heterocycles. The zero-order valence-electron chi connectivity index (χ0n) is 13.6. The van der Waals surface area contributed by atoms with E-state index in [1.807, 2.05) is 0 Å². The first-order valence-electron chi connectivity index (χ1n) is 8.12. The van der Waals surface area contributed by atoms with Gasteiger partial charge in [-0.2, -0.15) is 0 Å². The Morgan fingerprint density at radius 3 is 2.72 bits per heavy atom. The predicted molar refractivity (Wildman–Crippen MR) is 93.3 cm³/mol. The second-order valence-corrected chi connectivity index (χ2v) is 5.97. The number of aliphatic hydroxyl groups is 1. The molecule has 0 bridgehead atoms. The summed E-state index contributed by atoms with van der Waals surface area (Å²) >= 11 is 0. The molecule has 0 aliphatic carbocycles. The van der Waals surface area contributed by atoms with Crippen molar-refractivity contribution in [2.24, 2.45) is 5.92 Å². The Hall–Kier alpha value is -2.77. The molecule has 4 N–H and O–H groups in total. The number of β-amino-alcohol motifs (C(OH)–C–C–N with tert-alkyl or cyclic N) is 1. The van der Waals surface area contributed by atoms with E-state index in [-0.39, 0.29) is 17.7 Å². The number of benzene rings is 1. The van der Waals surface area contributed by atoms with Crippen molar-refractivity contribution in [1.29, 1.82) is 0 Å². The van der Waals surface area contributed by atoms with E-state index >= 15 is 0 Å². The molecule has 2 unspecified atom stereocenters. The van der Waals surface area contributed by atoms with Crippen molar-refractivity contribution in [3.8, 4) is 0 Å². The fourth-order valence-corrected chi connectivity index (χ4v) is 2.69. The number of nitrogens with zero attached hydrogens (tertiary/aromatic N) is 1. The molecule has 130 valence electrons. The van der Waals surface area contributed by atoms with Crippen LogP contribution < -0.4 is 16.0 Å². The number of carbonyl (C=O) groups excluding carboxylic acids is 2. The summed E-state index contributed by atoms with van der Waals surface area (Å²) in [5, 5.41) is 18.4. The number of aromatic nitrogens is 1. The maximum absolute atomic E-state index is 12.3. The lowest BCUT2D eigenvalue weighted by molar-refractivity contribution is 0.0926. The Balaban J connectivity index is 1.60. The highest BCUT2D eigenvalue weighted by Crippen LogP contribution is 2.13. The van der Waals surface area contributed by atoms with Crippen molar-refractivity contribution < 1.29 is 14.7 Å². The number of hydrogen-bond acceptors (Lipinski definition) is 5. The predicted octanol–water partition coefficient (Wildman–Crippen LogP) is 0.644. The summed E-state index contributed by atoms with van der Waals surface area (Å²) in [6, 6.07) is 10.1. The van der Waals surface area contributed by atoms with Gasteiger partial charge in [0.1, 0.15) is 0 Å². The highest BCUT2D eigenvalue weighted by atomic mass is 16.3. The molecule has 1 aliphatic rings. The van der Waals surface area contributed by atoms with Gasteiger partial charge < -0.3 is 21.1 Å². The summed E-state index contributed by atoms with van der Waals surface area (Å²) in [6.07, 6.45) is 2.64. The van der Waals surface area contributed by atoms with Gasteiger partial charge in [-0.25, -0.2) is 0 Å². The fraction of sp³-hybridized carbons (Fsp3) is 0.278. The van der Waals surface area contributed by atoms with E-state index < -0.39 is 6.10 Å². The molecule has 1 fully saturated rings. The number of carbonyl (C=O) groups is 2. The van der Waals surface area contributed by atoms with Crippen LogP contribution in [0, 0.1) is 5.92 Å². The largest absolute Gasteiger partial charge is 0.391 e. The zero-order chi connectivity index (χ0) is 17.6. The van der Waals surface area contributed by atoms with Crippen molar-refractivity contribution >= 4 is 17.5 Å². The fourth-order valence-electron chi connectivity index (χ4n) is 2.69. The van der Waals surface area contributed by atoms with E-state index in [0.717, 1.165) is 0 Å². The minimum Gasteiger partial charge on any atom is -0.391 e. The summed E-state index contributed by atoms with van der Waals surface area (Å²) in [7, 11) is 0. The first kappa shape index (κ1) is 17.1. The van der Waals surface area contributed by atoms with Gasteiger partial charge in [-0.15, -0.1) is 0 Å². The molecule has 1 aromatic carbocycles. The van der Waals surface area contributed by atoms with Gasteiger partial charge in [-0.05, 0) is 30.3 Å². The Morgan fingerprint density at radius 2 is 2.00 bits per heavy atom. The number of nitrogens with one attached hydrogen (secondary N) is 3. The number of amides is 2. The molecule has 0 spiro atoms. The first-order valence-corrected chi connectivity index (χ1v) is 8.12. The van der Waals surface area contributed by atoms with Crippen LogP contribution in [0.15, 0.2) is 48.8 Å². The molecule has 7 heteroatoms. The van der Waals surface area contributed by atoms with E-state index in [2.05, 4.69) is 20.9 Å². The Bertz CT molecular complexity index is 751. The van der Waals surface area contributed by atoms with Crippen molar-refractivity contribution in [3.05, 3.63) is 59.9 Å². The second kappa shape index (κ2) is 7.87. The molecule has 2 atom stereocenters. The van der Waals surface area contributed by atoms with Crippen LogP contribution in [0.3, 0.4) is 0 Å². The van der Waals surface area contributed by atoms with Gasteiger partial charge in [0.15, 0.2) is 0 Å². The molecular formula is C18H20N4O3. The lowest BCUT2D eigenvalue weighted by Crippen LogP contribution is -2.34. The molecule has 7 nitrogen and oxygen atoms in total. The molecule has 2 heterocycles. The summed E-state index contributed by atoms with van der Waals surface area (Å²) < 4.78 is 0. The Kier molecular flexibility index (Phi) is 5.37. The smallest absolute Gasteiger partial charge is 0.257 e. The van der Waals surface area contributed by atoms with Gasteiger partial charge in [-0.1, -0.05) is 6.07 Å². The topological polar surface area (TPSA) is 103 Å². The molecule has 25 heavy (non-hydrogen) atoms. The Labute approximate surface area is 145 Å². The van der Waals surface area contributed by atoms with E-state index in [0.29, 0.717) is 36.4 Å². The van der Waals surface area contributed by atoms with Crippen LogP contribution in [-0.2, 0) is 0 Å². The van der Waals surface area contributed by atoms with Gasteiger partial charge in [0.05, 0.1) is 11.7 Å². The standard InChI is InChI=1S/C18H20N4O3/c23-16-11-20-9-14(16)10-21-17(24)12-3-1-5-15(7-12)22-18(25)13-4-2-6-19-8-13/h1-8,14,16,20,23H,9-11H2,(H,21,24)(H,22,25). The highest BCUT2D eigenvalue weighted by molar-refractivity contribution is 6.04. The first-order chi connectivity index (χ1) is 12.1. The minimum absolute atomic E-state index is 0.0115. The van der Waals surface area contributed by atoms with Crippen LogP contribution in [0.5, 0.6) is 0 Å². The van der Waals surface area contributed by atoms with E-state index in [1.54, 1.807) is 42.6 Å². The number of anilines is 1. The summed E-state index contributed by atoms with van der Waals surface area (Å²) in [6.45, 7) is 1.64. The third-order valence-corrected chi connectivity index (χ3v) is 4.14. The van der Waals surface area contributed by atoms with Gasteiger partial charge in [0, 0.05) is 49.2 Å². The summed E-state index contributed by atoms with van der Waals surface area (Å²) in [4.78, 5) is 28.3. The lowest BCUT2D eigenvalue weighted by atomic mass is 10.1. The summed E-state index contributed by atoms with van der Waals surface area (Å²) in [5.41, 5.74) is 1.42. The summed E-state index contributed by atoms with van der Waals surface area (Å²) in [5.74, 6) is -0.514. The van der Waals surface area contributed by atoms with Crippen LogP contribution in [0.1, 0.15) is 20.7 Å². The average molecular weight is 340 g/mol. The van der Waals surface area contributed by atoms with E-state index in [4.69, 9.17) is 0 Å². The van der Waals surface area contributed by atoms with Crippen LogP contribution in [0.4, 0.5) is 5.69 Å². The molecule has 0 radical (unpaired) electrons. The number of hydrogen-bond donors (Lipinski definition) is 4. The second-order valence-electron chi connectivity index (χ2n) is 5.97. The minimum atomic E-state index is -0.439. The van der Waals surface area contributed by atoms with Crippen molar-refractivity contribution in [1.82, 2.24) is 15.6 Å². The van der Waals surface area contributed by atoms with Crippen LogP contribution in [-0.4, -0.2) is 47.6 Å². The molecule has 2 amide bonds. The lowest BCUT2D eigenvalue weighted by Gasteiger charge is -2.14. The molecule has 1 aliphatic heterocycles. The monoisotopic (exact) mass is 340 g/mol. The maximum atomic E-state index is 12.3. The molecule has 2 aromatic rings. The number of aliphatic hydroxyl groups excluding tert-OH is 1. The zero-order valence-corrected chi connectivity index (χ0v) is 13.6. The highest BCUT2D eigenvalue weighted by Gasteiger charge is 2.25. The van der Waals surface area contributed by atoms with E-state index in [1.165, 1.54) is 6.20 Å². The van der Waals surface area contributed by atoms with Crippen molar-refractivity contribution in [2.45, 2.75) is 6.10 Å². The third-order valence-electron chi connectivity index (χ3n) is 4.14. The Morgan fingerprint density at radius 1 is 1.16 bits per heavy atom. The molecule has 1 saturated heterocycles. The van der Waals surface area contributed by atoms with Crippen LogP contribution in [0.2, 0.25) is 0 Å². The van der Waals surface area contributed by atoms with Gasteiger partial charge in [0.2, 0.25) is 0 Å². The third kappa shape index (κ3) is 4.40. The SMILES string of the molecule is O=C(NCC1CNCC1O)c1cccc(NC(=O)c2cccnc2)c1. The van der Waals surface area contributed by atoms with Crippen molar-refractivity contribution in [3.63, 3.8) is 0 Å². The van der Waals surface area contributed by atoms with Crippen molar-refractivity contribution in [2.75, 3.05) is 25.0 Å². The normalized spacial score (nSPS) is 19.4. The van der Waals surface area contributed by atoms with Crippen LogP contribution >= 0.6 is 0 Å². The maximum Gasteiger partial charge on any atom is 0.257 e. The molecule has 3 rings (SSSR count).